The van der Waals surface area contributed by atoms with Gasteiger partial charge in [0.2, 0.25) is 0 Å². The second kappa shape index (κ2) is 8.65. The molecule has 5 heterocycles. The smallest absolute Gasteiger partial charge is 0.0737 e. The second-order valence-electron chi connectivity index (χ2n) is 9.72. The number of hydrogen-bond acceptors (Lipinski definition) is 4. The topological polar surface area (TPSA) is 49.4 Å². The minimum atomic E-state index is 0.858. The summed E-state index contributed by atoms with van der Waals surface area (Å²) >= 11 is 3.89. The summed E-state index contributed by atoms with van der Waals surface area (Å²) in [4.78, 5) is 19.5. The van der Waals surface area contributed by atoms with Gasteiger partial charge in [0.25, 0.3) is 0 Å². The third-order valence-corrected chi connectivity index (χ3v) is 8.03. The summed E-state index contributed by atoms with van der Waals surface area (Å²) in [6.07, 6.45) is 22.4. The van der Waals surface area contributed by atoms with Gasteiger partial charge in [-0.2, -0.15) is 0 Å². The Bertz CT molecular complexity index is 1990. The number of aliphatic imine (C=N–C) groups is 4. The Hall–Kier alpha value is -4.74. The van der Waals surface area contributed by atoms with E-state index in [1.54, 1.807) is 0 Å². The normalized spacial score (nSPS) is 18.9. The van der Waals surface area contributed by atoms with Crippen molar-refractivity contribution in [3.8, 4) is 0 Å². The monoisotopic (exact) mass is 562 g/mol. The molecule has 3 aromatic carbocycles. The van der Waals surface area contributed by atoms with E-state index in [0.29, 0.717) is 0 Å². The molecule has 0 radical (unpaired) electrons. The van der Waals surface area contributed by atoms with Crippen molar-refractivity contribution in [2.24, 2.45) is 20.0 Å². The van der Waals surface area contributed by atoms with E-state index in [-0.39, 0.29) is 0 Å². The van der Waals surface area contributed by atoms with Crippen LogP contribution >= 0.6 is 15.9 Å². The summed E-state index contributed by atoms with van der Waals surface area (Å²) in [5.74, 6) is 0. The molecule has 0 aromatic heterocycles. The highest BCUT2D eigenvalue weighted by molar-refractivity contribution is 9.10. The molecule has 0 amide bonds. The number of nitrogens with zero attached hydrogens (tertiary/aromatic N) is 4. The highest BCUT2D eigenvalue weighted by Gasteiger charge is 2.23. The summed E-state index contributed by atoms with van der Waals surface area (Å²) in [5.41, 5.74) is 9.18. The van der Waals surface area contributed by atoms with Gasteiger partial charge in [0.15, 0.2) is 0 Å². The molecule has 0 unspecified atom stereocenters. The molecule has 4 nitrogen and oxygen atoms in total. The summed E-state index contributed by atoms with van der Waals surface area (Å²) in [6, 6.07) is 17.1. The van der Waals surface area contributed by atoms with Crippen LogP contribution in [0.1, 0.15) is 5.56 Å². The van der Waals surface area contributed by atoms with Gasteiger partial charge in [-0.05, 0) is 110 Å². The maximum Gasteiger partial charge on any atom is 0.0737 e. The van der Waals surface area contributed by atoms with Crippen molar-refractivity contribution >= 4 is 65.9 Å². The fourth-order valence-corrected chi connectivity index (χ4v) is 6.15. The molecule has 8 bridgehead atoms. The van der Waals surface area contributed by atoms with Crippen molar-refractivity contribution in [3.05, 3.63) is 148 Å². The molecule has 0 saturated carbocycles. The van der Waals surface area contributed by atoms with Crippen LogP contribution in [0.15, 0.2) is 163 Å². The zero-order valence-electron chi connectivity index (χ0n) is 20.6. The van der Waals surface area contributed by atoms with E-state index >= 15 is 0 Å². The van der Waals surface area contributed by atoms with Gasteiger partial charge >= 0.3 is 0 Å². The molecular formula is C34H19BrN4. The van der Waals surface area contributed by atoms with Crippen LogP contribution in [0.25, 0.3) is 27.1 Å². The van der Waals surface area contributed by atoms with Gasteiger partial charge in [0.05, 0.1) is 45.6 Å². The lowest BCUT2D eigenvalue weighted by atomic mass is 9.90. The number of halogens is 1. The zero-order valence-corrected chi connectivity index (χ0v) is 22.2. The van der Waals surface area contributed by atoms with E-state index in [9.17, 15) is 0 Å². The largest absolute Gasteiger partial charge is 0.249 e. The molecule has 8 rings (SSSR count). The van der Waals surface area contributed by atoms with E-state index in [1.165, 1.54) is 21.5 Å². The number of allylic oxidation sites excluding steroid dienone is 12. The van der Waals surface area contributed by atoms with Crippen molar-refractivity contribution in [1.82, 2.24) is 0 Å². The molecule has 3 aromatic rings. The molecular weight excluding hydrogens is 544 g/mol. The predicted molar refractivity (Wildman–Crippen MR) is 167 cm³/mol. The van der Waals surface area contributed by atoms with Crippen LogP contribution in [-0.2, 0) is 0 Å². The second-order valence-corrected chi connectivity index (χ2v) is 10.5. The number of hydrogen-bond donors (Lipinski definition) is 0. The van der Waals surface area contributed by atoms with Crippen LogP contribution in [-0.4, -0.2) is 22.8 Å². The van der Waals surface area contributed by atoms with Crippen molar-refractivity contribution in [2.45, 2.75) is 0 Å². The third-order valence-electron chi connectivity index (χ3n) is 7.17. The highest BCUT2D eigenvalue weighted by Crippen LogP contribution is 2.43. The van der Waals surface area contributed by atoms with Crippen molar-refractivity contribution in [3.63, 3.8) is 0 Å². The lowest BCUT2D eigenvalue weighted by Gasteiger charge is -2.15. The predicted octanol–water partition coefficient (Wildman–Crippen LogP) is 8.18. The number of fused-ring (bicyclic) bond motifs is 6. The van der Waals surface area contributed by atoms with Crippen LogP contribution in [0.2, 0.25) is 0 Å². The Kier molecular flexibility index (Phi) is 4.94. The Morgan fingerprint density at radius 3 is 1.44 bits per heavy atom. The molecule has 0 aliphatic carbocycles. The quantitative estimate of drug-likeness (QED) is 0.268. The van der Waals surface area contributed by atoms with Crippen molar-refractivity contribution in [2.75, 3.05) is 0 Å². The molecule has 0 spiro atoms. The first kappa shape index (κ1) is 22.3. The summed E-state index contributed by atoms with van der Waals surface area (Å²) in [7, 11) is 0. The lowest BCUT2D eigenvalue weighted by Crippen LogP contribution is -1.94. The molecule has 0 N–H and O–H groups in total. The first-order valence-electron chi connectivity index (χ1n) is 12.8. The number of rotatable bonds is 1. The van der Waals surface area contributed by atoms with E-state index in [4.69, 9.17) is 20.0 Å². The number of benzene rings is 3. The molecule has 5 heteroatoms. The average molecular weight is 563 g/mol. The van der Waals surface area contributed by atoms with Crippen LogP contribution in [0, 0.1) is 0 Å². The summed E-state index contributed by atoms with van der Waals surface area (Å²) < 4.78 is 1.10. The fraction of sp³-hybridized carbons (Fsp3) is 0. The first-order chi connectivity index (χ1) is 19.2. The Labute approximate surface area is 233 Å². The SMILES string of the molecule is Brc1c2ccccc2c(C2=CC3=NC2=CC2=NC(=CC4=NC(=CC5=NC(=C3)C=C5)C=C4)C=C2)c2ccccc12. The Morgan fingerprint density at radius 2 is 0.897 bits per heavy atom. The van der Waals surface area contributed by atoms with E-state index < -0.39 is 0 Å². The average Bonchev–Trinajstić information content (AvgIpc) is 3.75. The van der Waals surface area contributed by atoms with E-state index in [0.717, 1.165) is 61.2 Å². The van der Waals surface area contributed by atoms with Gasteiger partial charge < -0.3 is 0 Å². The van der Waals surface area contributed by atoms with Crippen LogP contribution in [0.5, 0.6) is 0 Å². The van der Waals surface area contributed by atoms with Gasteiger partial charge in [-0.25, -0.2) is 20.0 Å². The molecule has 39 heavy (non-hydrogen) atoms. The third kappa shape index (κ3) is 3.82. The fourth-order valence-electron chi connectivity index (χ4n) is 5.46. The van der Waals surface area contributed by atoms with Gasteiger partial charge in [0, 0.05) is 10.0 Å². The van der Waals surface area contributed by atoms with Crippen LogP contribution in [0.3, 0.4) is 0 Å². The van der Waals surface area contributed by atoms with E-state index in [1.807, 2.05) is 54.7 Å². The minimum absolute atomic E-state index is 0.858. The van der Waals surface area contributed by atoms with E-state index in [2.05, 4.69) is 76.6 Å². The van der Waals surface area contributed by atoms with Gasteiger partial charge in [0.1, 0.15) is 0 Å². The molecule has 5 aliphatic rings. The van der Waals surface area contributed by atoms with Gasteiger partial charge in [-0.15, -0.1) is 0 Å². The Balaban J connectivity index is 1.38. The van der Waals surface area contributed by atoms with Gasteiger partial charge in [-0.3, -0.25) is 0 Å². The van der Waals surface area contributed by atoms with Crippen molar-refractivity contribution < 1.29 is 0 Å². The van der Waals surface area contributed by atoms with Crippen LogP contribution in [0.4, 0.5) is 0 Å². The summed E-state index contributed by atoms with van der Waals surface area (Å²) in [6.45, 7) is 0. The standard InChI is InChI=1S/C34H19BrN4/c35-34-29-7-3-1-5-27(29)33(28-6-2-4-8-30(28)34)31-18-26-17-24-12-11-22(37-24)15-20-9-10-21(36-20)16-23-13-14-25(38-23)19-32(31)39-26/h1-19H. The lowest BCUT2D eigenvalue weighted by molar-refractivity contribution is 1.41. The molecule has 5 aliphatic heterocycles. The Morgan fingerprint density at radius 1 is 0.436 bits per heavy atom. The maximum atomic E-state index is 5.10. The summed E-state index contributed by atoms with van der Waals surface area (Å²) in [5, 5.41) is 4.69. The minimum Gasteiger partial charge on any atom is -0.249 e. The molecule has 0 fully saturated rings. The first-order valence-corrected chi connectivity index (χ1v) is 13.5. The maximum absolute atomic E-state index is 5.10. The molecule has 182 valence electrons. The molecule has 0 atom stereocenters. The molecule has 0 saturated heterocycles. The van der Waals surface area contributed by atoms with Crippen molar-refractivity contribution in [1.29, 1.82) is 0 Å². The van der Waals surface area contributed by atoms with Gasteiger partial charge in [-0.1, -0.05) is 48.5 Å². The zero-order chi connectivity index (χ0) is 25.9. The van der Waals surface area contributed by atoms with Crippen LogP contribution < -0.4 is 0 Å². The highest BCUT2D eigenvalue weighted by atomic mass is 79.9.